The van der Waals surface area contributed by atoms with Crippen LogP contribution in [0.15, 0.2) is 60.7 Å². The maximum absolute atomic E-state index is 12.0. The SMILES string of the molecule is CNC(=O)[C@H](NC(=O)NCc1ccccc1)c1ccccc1. The second kappa shape index (κ2) is 7.83. The number of hydrogen-bond acceptors (Lipinski definition) is 2. The van der Waals surface area contributed by atoms with Crippen LogP contribution in [0.5, 0.6) is 0 Å². The summed E-state index contributed by atoms with van der Waals surface area (Å²) in [5.74, 6) is -0.263. The van der Waals surface area contributed by atoms with Crippen molar-refractivity contribution in [3.63, 3.8) is 0 Å². The van der Waals surface area contributed by atoms with Gasteiger partial charge in [-0.2, -0.15) is 0 Å². The summed E-state index contributed by atoms with van der Waals surface area (Å²) in [7, 11) is 1.54. The summed E-state index contributed by atoms with van der Waals surface area (Å²) in [4.78, 5) is 24.0. The van der Waals surface area contributed by atoms with Crippen molar-refractivity contribution in [3.05, 3.63) is 71.8 Å². The van der Waals surface area contributed by atoms with Gasteiger partial charge < -0.3 is 16.0 Å². The molecule has 0 aliphatic rings. The molecule has 3 amide bonds. The zero-order valence-electron chi connectivity index (χ0n) is 12.4. The molecule has 0 fully saturated rings. The molecule has 2 rings (SSSR count). The molecule has 1 atom stereocenters. The van der Waals surface area contributed by atoms with E-state index in [1.807, 2.05) is 48.5 Å². The number of carbonyl (C=O) groups is 2. The van der Waals surface area contributed by atoms with Gasteiger partial charge in [0.15, 0.2) is 0 Å². The molecule has 2 aromatic carbocycles. The molecule has 0 aromatic heterocycles. The lowest BCUT2D eigenvalue weighted by atomic mass is 10.1. The fourth-order valence-electron chi connectivity index (χ4n) is 2.05. The summed E-state index contributed by atoms with van der Waals surface area (Å²) >= 11 is 0. The van der Waals surface area contributed by atoms with Gasteiger partial charge in [-0.25, -0.2) is 4.79 Å². The summed E-state index contributed by atoms with van der Waals surface area (Å²) < 4.78 is 0. The van der Waals surface area contributed by atoms with Crippen LogP contribution in [0, 0.1) is 0 Å². The van der Waals surface area contributed by atoms with E-state index >= 15 is 0 Å². The van der Waals surface area contributed by atoms with Crippen molar-refractivity contribution in [3.8, 4) is 0 Å². The number of carbonyl (C=O) groups excluding carboxylic acids is 2. The van der Waals surface area contributed by atoms with E-state index in [-0.39, 0.29) is 11.9 Å². The Balaban J connectivity index is 1.98. The number of amides is 3. The standard InChI is InChI=1S/C17H19N3O2/c1-18-16(21)15(14-10-6-3-7-11-14)20-17(22)19-12-13-8-4-2-5-9-13/h2-11,15H,12H2,1H3,(H,18,21)(H2,19,20,22)/t15-/m1/s1. The van der Waals surface area contributed by atoms with Crippen molar-refractivity contribution in [2.45, 2.75) is 12.6 Å². The van der Waals surface area contributed by atoms with Crippen molar-refractivity contribution in [1.29, 1.82) is 0 Å². The molecule has 5 nitrogen and oxygen atoms in total. The smallest absolute Gasteiger partial charge is 0.315 e. The molecule has 2 aromatic rings. The van der Waals surface area contributed by atoms with E-state index in [1.54, 1.807) is 19.2 Å². The third-order valence-electron chi connectivity index (χ3n) is 3.21. The van der Waals surface area contributed by atoms with Gasteiger partial charge in [0.1, 0.15) is 6.04 Å². The molecule has 0 saturated carbocycles. The van der Waals surface area contributed by atoms with Crippen LogP contribution in [0.25, 0.3) is 0 Å². The van der Waals surface area contributed by atoms with Crippen LogP contribution in [0.3, 0.4) is 0 Å². The van der Waals surface area contributed by atoms with Crippen LogP contribution in [0.2, 0.25) is 0 Å². The van der Waals surface area contributed by atoms with Gasteiger partial charge in [0, 0.05) is 13.6 Å². The predicted octanol–water partition coefficient (Wildman–Crippen LogP) is 1.97. The van der Waals surface area contributed by atoms with Crippen molar-refractivity contribution in [1.82, 2.24) is 16.0 Å². The highest BCUT2D eigenvalue weighted by molar-refractivity contribution is 5.87. The first-order valence-electron chi connectivity index (χ1n) is 7.05. The molecule has 0 aliphatic heterocycles. The van der Waals surface area contributed by atoms with Crippen molar-refractivity contribution < 1.29 is 9.59 Å². The molecule has 0 heterocycles. The zero-order chi connectivity index (χ0) is 15.8. The second-order valence-corrected chi connectivity index (χ2v) is 4.77. The van der Waals surface area contributed by atoms with Crippen LogP contribution in [0.1, 0.15) is 17.2 Å². The Morgan fingerprint density at radius 1 is 0.955 bits per heavy atom. The fourth-order valence-corrected chi connectivity index (χ4v) is 2.05. The minimum absolute atomic E-state index is 0.263. The normalized spacial score (nSPS) is 11.3. The van der Waals surface area contributed by atoms with Gasteiger partial charge in [-0.1, -0.05) is 60.7 Å². The monoisotopic (exact) mass is 297 g/mol. The Morgan fingerprint density at radius 2 is 1.55 bits per heavy atom. The summed E-state index contributed by atoms with van der Waals surface area (Å²) in [5.41, 5.74) is 1.73. The Labute approximate surface area is 129 Å². The fraction of sp³-hybridized carbons (Fsp3) is 0.176. The minimum atomic E-state index is -0.720. The maximum atomic E-state index is 12.0. The van der Waals surface area contributed by atoms with E-state index in [9.17, 15) is 9.59 Å². The van der Waals surface area contributed by atoms with E-state index in [1.165, 1.54) is 0 Å². The third kappa shape index (κ3) is 4.34. The van der Waals surface area contributed by atoms with Crippen LogP contribution < -0.4 is 16.0 Å². The molecule has 22 heavy (non-hydrogen) atoms. The number of urea groups is 1. The minimum Gasteiger partial charge on any atom is -0.357 e. The van der Waals surface area contributed by atoms with E-state index in [2.05, 4.69) is 16.0 Å². The van der Waals surface area contributed by atoms with Gasteiger partial charge in [0.2, 0.25) is 5.91 Å². The second-order valence-electron chi connectivity index (χ2n) is 4.77. The highest BCUT2D eigenvalue weighted by atomic mass is 16.2. The largest absolute Gasteiger partial charge is 0.357 e. The number of nitrogens with one attached hydrogen (secondary N) is 3. The molecule has 0 bridgehead atoms. The summed E-state index contributed by atoms with van der Waals surface area (Å²) in [6.45, 7) is 0.405. The van der Waals surface area contributed by atoms with Gasteiger partial charge in [-0.15, -0.1) is 0 Å². The zero-order valence-corrected chi connectivity index (χ0v) is 12.4. The number of hydrogen-bond donors (Lipinski definition) is 3. The van der Waals surface area contributed by atoms with Gasteiger partial charge >= 0.3 is 6.03 Å². The average molecular weight is 297 g/mol. The first-order chi connectivity index (χ1) is 10.7. The lowest BCUT2D eigenvalue weighted by molar-refractivity contribution is -0.122. The highest BCUT2D eigenvalue weighted by Crippen LogP contribution is 2.12. The third-order valence-corrected chi connectivity index (χ3v) is 3.21. The summed E-state index contributed by atoms with van der Waals surface area (Å²) in [5, 5.41) is 8.00. The molecule has 0 unspecified atom stereocenters. The lowest BCUT2D eigenvalue weighted by Gasteiger charge is -2.18. The first kappa shape index (κ1) is 15.6. The van der Waals surface area contributed by atoms with Crippen LogP contribution in [-0.4, -0.2) is 19.0 Å². The number of likely N-dealkylation sites (N-methyl/N-ethyl adjacent to an activating group) is 1. The molecule has 0 radical (unpaired) electrons. The van der Waals surface area contributed by atoms with Gasteiger partial charge in [-0.05, 0) is 11.1 Å². The predicted molar refractivity (Wildman–Crippen MR) is 85.1 cm³/mol. The first-order valence-corrected chi connectivity index (χ1v) is 7.05. The Bertz CT molecular complexity index is 614. The molecule has 0 spiro atoms. The highest BCUT2D eigenvalue weighted by Gasteiger charge is 2.21. The van der Waals surface area contributed by atoms with E-state index < -0.39 is 6.04 Å². The Kier molecular flexibility index (Phi) is 5.54. The van der Waals surface area contributed by atoms with Gasteiger partial charge in [0.05, 0.1) is 0 Å². The van der Waals surface area contributed by atoms with Crippen molar-refractivity contribution in [2.75, 3.05) is 7.05 Å². The van der Waals surface area contributed by atoms with E-state index in [0.29, 0.717) is 6.54 Å². The summed E-state index contributed by atoms with van der Waals surface area (Å²) in [6, 6.07) is 17.6. The molecule has 5 heteroatoms. The molecular weight excluding hydrogens is 278 g/mol. The van der Waals surface area contributed by atoms with Crippen molar-refractivity contribution in [2.24, 2.45) is 0 Å². The van der Waals surface area contributed by atoms with Crippen molar-refractivity contribution >= 4 is 11.9 Å². The molecule has 3 N–H and O–H groups in total. The van der Waals surface area contributed by atoms with Gasteiger partial charge in [-0.3, -0.25) is 4.79 Å². The Morgan fingerprint density at radius 3 is 2.14 bits per heavy atom. The van der Waals surface area contributed by atoms with E-state index in [0.717, 1.165) is 11.1 Å². The molecule has 114 valence electrons. The molecule has 0 saturated heterocycles. The van der Waals surface area contributed by atoms with Gasteiger partial charge in [0.25, 0.3) is 0 Å². The average Bonchev–Trinajstić information content (AvgIpc) is 2.59. The number of benzene rings is 2. The maximum Gasteiger partial charge on any atom is 0.315 e. The van der Waals surface area contributed by atoms with Crippen LogP contribution in [-0.2, 0) is 11.3 Å². The summed E-state index contributed by atoms with van der Waals surface area (Å²) in [6.07, 6.45) is 0. The quantitative estimate of drug-likeness (QED) is 0.789. The van der Waals surface area contributed by atoms with Crippen LogP contribution >= 0.6 is 0 Å². The molecular formula is C17H19N3O2. The topological polar surface area (TPSA) is 70.2 Å². The van der Waals surface area contributed by atoms with E-state index in [4.69, 9.17) is 0 Å². The lowest BCUT2D eigenvalue weighted by Crippen LogP contribution is -2.43. The Hall–Kier alpha value is -2.82. The van der Waals surface area contributed by atoms with Crippen LogP contribution in [0.4, 0.5) is 4.79 Å². The molecule has 0 aliphatic carbocycles. The number of rotatable bonds is 5.